The first-order valence-corrected chi connectivity index (χ1v) is 18.4. The normalized spacial score (nSPS) is 37.2. The summed E-state index contributed by atoms with van der Waals surface area (Å²) in [5, 5.41) is 0. The van der Waals surface area contributed by atoms with Crippen molar-refractivity contribution in [1.29, 1.82) is 0 Å². The fourth-order valence-electron chi connectivity index (χ4n) is 11.3. The fourth-order valence-corrected chi connectivity index (χ4v) is 11.8. The zero-order chi connectivity index (χ0) is 34.0. The van der Waals surface area contributed by atoms with Crippen LogP contribution >= 0.6 is 12.0 Å². The lowest BCUT2D eigenvalue weighted by atomic mass is 9.37. The first-order valence-electron chi connectivity index (χ1n) is 17.6. The van der Waals surface area contributed by atoms with Crippen molar-refractivity contribution in [2.45, 2.75) is 118 Å². The van der Waals surface area contributed by atoms with E-state index in [9.17, 15) is 18.0 Å². The molecule has 4 fully saturated rings. The first-order chi connectivity index (χ1) is 21.7. The SMILES string of the molecule is C=CC.CC.CC1(C)C(OSC(F)(F)F)=CCC2(C)C1CCC1(C)C3CCC4(COC(=O)c5ccccc5)CCC[C@@H]4C3CCC12. The second-order valence-electron chi connectivity index (χ2n) is 15.4. The number of alkyl halides is 3. The zero-order valence-electron chi connectivity index (χ0n) is 29.2. The van der Waals surface area contributed by atoms with Gasteiger partial charge in [-0.25, -0.2) is 4.79 Å². The number of carbonyl (C=O) groups is 1. The Bertz CT molecular complexity index is 1230. The molecule has 3 nitrogen and oxygen atoms in total. The molecule has 1 aromatic carbocycles. The van der Waals surface area contributed by atoms with Crippen molar-refractivity contribution in [3.8, 4) is 0 Å². The van der Waals surface area contributed by atoms with Crippen LogP contribution in [-0.2, 0) is 8.92 Å². The van der Waals surface area contributed by atoms with Crippen LogP contribution in [-0.4, -0.2) is 18.1 Å². The molecule has 7 heteroatoms. The minimum Gasteiger partial charge on any atom is -0.461 e. The molecule has 46 heavy (non-hydrogen) atoms. The highest BCUT2D eigenvalue weighted by atomic mass is 32.2. The van der Waals surface area contributed by atoms with Crippen molar-refractivity contribution in [2.24, 2.45) is 51.2 Å². The largest absolute Gasteiger partial charge is 0.479 e. The summed E-state index contributed by atoms with van der Waals surface area (Å²) >= 11 is -0.369. The summed E-state index contributed by atoms with van der Waals surface area (Å²) in [6.07, 6.45) is 15.0. The van der Waals surface area contributed by atoms with Crippen molar-refractivity contribution < 1.29 is 26.9 Å². The molecule has 1 aromatic rings. The minimum absolute atomic E-state index is 0.0483. The van der Waals surface area contributed by atoms with Gasteiger partial charge in [0.25, 0.3) is 0 Å². The molecule has 0 aromatic heterocycles. The van der Waals surface area contributed by atoms with Crippen LogP contribution in [0.4, 0.5) is 13.2 Å². The molecule has 8 atom stereocenters. The Hall–Kier alpha value is -1.89. The number of ether oxygens (including phenoxy) is 1. The summed E-state index contributed by atoms with van der Waals surface area (Å²) in [7, 11) is 0. The van der Waals surface area contributed by atoms with E-state index in [1.165, 1.54) is 32.1 Å². The summed E-state index contributed by atoms with van der Waals surface area (Å²) in [6.45, 7) is 19.0. The Labute approximate surface area is 280 Å². The van der Waals surface area contributed by atoms with E-state index in [0.717, 1.165) is 32.1 Å². The predicted molar refractivity (Wildman–Crippen MR) is 183 cm³/mol. The van der Waals surface area contributed by atoms with Gasteiger partial charge in [-0.2, -0.15) is 13.2 Å². The van der Waals surface area contributed by atoms with Crippen LogP contribution in [0, 0.1) is 51.2 Å². The third-order valence-corrected chi connectivity index (χ3v) is 13.4. The number of fused-ring (bicyclic) bond motifs is 7. The lowest BCUT2D eigenvalue weighted by Gasteiger charge is -2.68. The summed E-state index contributed by atoms with van der Waals surface area (Å²) in [4.78, 5) is 12.8. The Morgan fingerprint density at radius 2 is 1.61 bits per heavy atom. The fraction of sp³-hybridized carbons (Fsp3) is 0.718. The van der Waals surface area contributed by atoms with Crippen LogP contribution in [0.5, 0.6) is 0 Å². The average molecular weight is 663 g/mol. The van der Waals surface area contributed by atoms with Crippen LogP contribution in [0.3, 0.4) is 0 Å². The van der Waals surface area contributed by atoms with E-state index in [1.807, 2.05) is 57.2 Å². The zero-order valence-corrected chi connectivity index (χ0v) is 30.0. The Balaban J connectivity index is 0.000000908. The molecule has 0 amide bonds. The highest BCUT2D eigenvalue weighted by Gasteiger charge is 2.66. The number of hydrogen-bond acceptors (Lipinski definition) is 4. The van der Waals surface area contributed by atoms with Crippen LogP contribution in [0.2, 0.25) is 0 Å². The molecule has 0 spiro atoms. The first kappa shape index (κ1) is 36.9. The quantitative estimate of drug-likeness (QED) is 0.179. The Morgan fingerprint density at radius 1 is 0.935 bits per heavy atom. The number of halogens is 3. The Morgan fingerprint density at radius 3 is 2.26 bits per heavy atom. The molecule has 6 rings (SSSR count). The molecule has 0 bridgehead atoms. The number of hydrogen-bond donors (Lipinski definition) is 0. The van der Waals surface area contributed by atoms with Crippen LogP contribution in [0.15, 0.2) is 54.8 Å². The molecule has 5 aliphatic carbocycles. The highest BCUT2D eigenvalue weighted by molar-refractivity contribution is 7.95. The molecule has 258 valence electrons. The molecular weight excluding hydrogens is 605 g/mol. The molecule has 4 saturated carbocycles. The maximum atomic E-state index is 13.0. The molecule has 5 aliphatic rings. The third-order valence-electron chi connectivity index (χ3n) is 12.9. The number of carbonyl (C=O) groups excluding carboxylic acids is 1. The highest BCUT2D eigenvalue weighted by Crippen LogP contribution is 2.73. The average Bonchev–Trinajstić information content (AvgIpc) is 3.45. The lowest BCUT2D eigenvalue weighted by molar-refractivity contribution is -0.186. The van der Waals surface area contributed by atoms with Crippen LogP contribution in [0.25, 0.3) is 0 Å². The number of allylic oxidation sites excluding steroid dienone is 3. The topological polar surface area (TPSA) is 35.5 Å². The number of rotatable bonds is 5. The van der Waals surface area contributed by atoms with Gasteiger partial charge in [0.05, 0.1) is 12.2 Å². The van der Waals surface area contributed by atoms with Crippen LogP contribution < -0.4 is 0 Å². The van der Waals surface area contributed by atoms with Gasteiger partial charge in [0.2, 0.25) is 0 Å². The summed E-state index contributed by atoms with van der Waals surface area (Å²) < 4.78 is 50.3. The van der Waals surface area contributed by atoms with Gasteiger partial charge in [-0.15, -0.1) is 6.58 Å². The smallest absolute Gasteiger partial charge is 0.461 e. The van der Waals surface area contributed by atoms with Crippen molar-refractivity contribution >= 4 is 18.0 Å². The van der Waals surface area contributed by atoms with Gasteiger partial charge in [-0.3, -0.25) is 0 Å². The van der Waals surface area contributed by atoms with Gasteiger partial charge in [0.15, 0.2) is 12.0 Å². The second-order valence-corrected chi connectivity index (χ2v) is 16.2. The van der Waals surface area contributed by atoms with Gasteiger partial charge in [-0.1, -0.05) is 72.2 Å². The minimum atomic E-state index is -4.41. The van der Waals surface area contributed by atoms with Crippen molar-refractivity contribution in [3.63, 3.8) is 0 Å². The molecule has 0 aliphatic heterocycles. The third kappa shape index (κ3) is 6.83. The molecule has 0 radical (unpaired) electrons. The maximum absolute atomic E-state index is 13.0. The number of esters is 1. The molecule has 0 N–H and O–H groups in total. The summed E-state index contributed by atoms with van der Waals surface area (Å²) in [5.74, 6) is 3.06. The van der Waals surface area contributed by atoms with Crippen molar-refractivity contribution in [2.75, 3.05) is 6.61 Å². The summed E-state index contributed by atoms with van der Waals surface area (Å²) in [6, 6.07) is 9.33. The monoisotopic (exact) mass is 662 g/mol. The van der Waals surface area contributed by atoms with E-state index in [4.69, 9.17) is 8.92 Å². The molecule has 0 saturated heterocycles. The van der Waals surface area contributed by atoms with Crippen molar-refractivity contribution in [1.82, 2.24) is 0 Å². The Kier molecular flexibility index (Phi) is 11.5. The van der Waals surface area contributed by atoms with Gasteiger partial charge in [-0.05, 0) is 123 Å². The van der Waals surface area contributed by atoms with E-state index >= 15 is 0 Å². The van der Waals surface area contributed by atoms with E-state index in [1.54, 1.807) is 6.08 Å². The van der Waals surface area contributed by atoms with E-state index < -0.39 is 10.9 Å². The summed E-state index contributed by atoms with van der Waals surface area (Å²) in [5.41, 5.74) is -3.83. The van der Waals surface area contributed by atoms with Gasteiger partial charge >= 0.3 is 11.5 Å². The number of benzene rings is 1. The van der Waals surface area contributed by atoms with E-state index in [2.05, 4.69) is 34.3 Å². The second kappa shape index (κ2) is 14.3. The van der Waals surface area contributed by atoms with E-state index in [-0.39, 0.29) is 34.3 Å². The van der Waals surface area contributed by atoms with Crippen LogP contribution in [0.1, 0.15) is 123 Å². The maximum Gasteiger partial charge on any atom is 0.479 e. The van der Waals surface area contributed by atoms with Crippen molar-refractivity contribution in [3.05, 3.63) is 60.4 Å². The van der Waals surface area contributed by atoms with Gasteiger partial charge in [0.1, 0.15) is 5.76 Å². The molecule has 7 unspecified atom stereocenters. The lowest BCUT2D eigenvalue weighted by Crippen LogP contribution is -2.61. The molecule has 0 heterocycles. The molecular formula is C39H57F3O3S. The predicted octanol–water partition coefficient (Wildman–Crippen LogP) is 12.2. The van der Waals surface area contributed by atoms with E-state index in [0.29, 0.717) is 47.5 Å². The van der Waals surface area contributed by atoms with Gasteiger partial charge < -0.3 is 8.92 Å². The van der Waals surface area contributed by atoms with Gasteiger partial charge in [0, 0.05) is 10.8 Å². The standard InChI is InChI=1S/C34H45F3O3S.C3H6.C2H6/c1-30(2)26-15-18-31(3)24-14-20-33(21-39-29(38)22-9-6-5-7-10-22)17-8-11-25(33)23(24)12-13-27(31)32(26,4)19-16-28(30)40-41-34(35,36)37;1-3-2;1-2/h5-7,9-10,16,23-27H,8,11-15,17-21H2,1-4H3;3H,1H2,2H3;1-2H3/t23?,24?,25-,26?,27?,31?,32?,33?;;/m1../s1.